The number of ketones is 1. The van der Waals surface area contributed by atoms with E-state index in [2.05, 4.69) is 15.3 Å². The minimum absolute atomic E-state index is 0.0635. The quantitative estimate of drug-likeness (QED) is 0.333. The molecule has 0 aliphatic heterocycles. The molecule has 0 fully saturated rings. The number of aliphatic hydroxyl groups is 1. The largest absolute Gasteiger partial charge is 0.396 e. The van der Waals surface area contributed by atoms with Crippen LogP contribution in [0.25, 0.3) is 10.2 Å². The Balaban J connectivity index is 1.74. The fraction of sp³-hybridized carbons (Fsp3) is 0.292. The van der Waals surface area contributed by atoms with Gasteiger partial charge in [0.05, 0.1) is 28.3 Å². The summed E-state index contributed by atoms with van der Waals surface area (Å²) in [6.45, 7) is 1.60. The zero-order valence-electron chi connectivity index (χ0n) is 19.0. The highest BCUT2D eigenvalue weighted by Crippen LogP contribution is 2.26. The van der Waals surface area contributed by atoms with Gasteiger partial charge in [0.15, 0.2) is 5.78 Å². The number of nitrogens with zero attached hydrogens (tertiary/aromatic N) is 4. The molecule has 0 spiro atoms. The van der Waals surface area contributed by atoms with E-state index in [1.807, 2.05) is 25.1 Å². The van der Waals surface area contributed by atoms with Crippen LogP contribution >= 0.6 is 22.9 Å². The maximum Gasteiger partial charge on any atom is 0.355 e. The van der Waals surface area contributed by atoms with Gasteiger partial charge in [0.2, 0.25) is 5.95 Å². The third-order valence-corrected chi connectivity index (χ3v) is 6.76. The van der Waals surface area contributed by atoms with E-state index in [1.165, 1.54) is 4.57 Å². The molecular formula is C24H24ClN5O4S. The van der Waals surface area contributed by atoms with E-state index in [1.54, 1.807) is 35.6 Å². The van der Waals surface area contributed by atoms with Crippen molar-refractivity contribution in [3.05, 3.63) is 79.0 Å². The van der Waals surface area contributed by atoms with Crippen LogP contribution in [0.2, 0.25) is 5.02 Å². The Morgan fingerprint density at radius 1 is 1.11 bits per heavy atom. The van der Waals surface area contributed by atoms with Crippen LogP contribution in [0.1, 0.15) is 30.3 Å². The van der Waals surface area contributed by atoms with Gasteiger partial charge in [0, 0.05) is 23.7 Å². The normalized spacial score (nSPS) is 11.2. The number of benzene rings is 2. The van der Waals surface area contributed by atoms with Crippen molar-refractivity contribution in [3.63, 3.8) is 0 Å². The first-order valence-electron chi connectivity index (χ1n) is 11.1. The first kappa shape index (κ1) is 24.8. The zero-order chi connectivity index (χ0) is 24.9. The maximum absolute atomic E-state index is 13.3. The average molecular weight is 514 g/mol. The Bertz CT molecular complexity index is 1480. The van der Waals surface area contributed by atoms with Gasteiger partial charge in [-0.1, -0.05) is 30.7 Å². The summed E-state index contributed by atoms with van der Waals surface area (Å²) in [4.78, 5) is 47.0. The van der Waals surface area contributed by atoms with E-state index in [-0.39, 0.29) is 37.7 Å². The number of anilines is 2. The van der Waals surface area contributed by atoms with Crippen molar-refractivity contribution < 1.29 is 9.90 Å². The SMILES string of the molecule is CCc1nc2ccc(Nc3nc(=O)n(CC(=O)CCCO)c(=O)n3Cc3ccc(Cl)cc3)cc2s1. The minimum atomic E-state index is -0.825. The molecule has 11 heteroatoms. The Morgan fingerprint density at radius 3 is 2.60 bits per heavy atom. The number of hydrogen-bond acceptors (Lipinski definition) is 8. The number of carbonyl (C=O) groups is 1. The number of aromatic nitrogens is 4. The second-order valence-corrected chi connectivity index (χ2v) is 9.49. The van der Waals surface area contributed by atoms with Crippen molar-refractivity contribution in [2.24, 2.45) is 0 Å². The monoisotopic (exact) mass is 513 g/mol. The van der Waals surface area contributed by atoms with Gasteiger partial charge in [0.1, 0.15) is 0 Å². The molecule has 0 amide bonds. The van der Waals surface area contributed by atoms with Gasteiger partial charge in [-0.05, 0) is 48.7 Å². The summed E-state index contributed by atoms with van der Waals surface area (Å²) >= 11 is 7.57. The van der Waals surface area contributed by atoms with Crippen molar-refractivity contribution in [1.82, 2.24) is 19.1 Å². The summed E-state index contributed by atoms with van der Waals surface area (Å²) in [6, 6.07) is 12.5. The predicted molar refractivity (Wildman–Crippen MR) is 137 cm³/mol. The highest BCUT2D eigenvalue weighted by molar-refractivity contribution is 7.18. The topological polar surface area (TPSA) is 119 Å². The van der Waals surface area contributed by atoms with Crippen LogP contribution in [-0.2, 0) is 24.3 Å². The minimum Gasteiger partial charge on any atom is -0.396 e. The molecule has 0 saturated heterocycles. The van der Waals surface area contributed by atoms with E-state index >= 15 is 0 Å². The summed E-state index contributed by atoms with van der Waals surface area (Å²) in [5, 5.41) is 13.6. The molecule has 0 aliphatic carbocycles. The lowest BCUT2D eigenvalue weighted by Gasteiger charge is -2.15. The first-order chi connectivity index (χ1) is 16.9. The average Bonchev–Trinajstić information content (AvgIpc) is 3.26. The fourth-order valence-electron chi connectivity index (χ4n) is 3.54. The Kier molecular flexibility index (Phi) is 7.74. The first-order valence-corrected chi connectivity index (χ1v) is 12.3. The highest BCUT2D eigenvalue weighted by Gasteiger charge is 2.17. The molecule has 0 atom stereocenters. The molecular weight excluding hydrogens is 490 g/mol. The van der Waals surface area contributed by atoms with Gasteiger partial charge in [-0.15, -0.1) is 11.3 Å². The van der Waals surface area contributed by atoms with Crippen molar-refractivity contribution >= 4 is 50.6 Å². The Hall–Kier alpha value is -3.34. The third-order valence-electron chi connectivity index (χ3n) is 5.34. The summed E-state index contributed by atoms with van der Waals surface area (Å²) in [5.74, 6) is -0.269. The van der Waals surface area contributed by atoms with E-state index in [9.17, 15) is 14.4 Å². The van der Waals surface area contributed by atoms with Crippen LogP contribution in [0, 0.1) is 0 Å². The van der Waals surface area contributed by atoms with Crippen LogP contribution < -0.4 is 16.7 Å². The molecule has 0 unspecified atom stereocenters. The molecule has 9 nitrogen and oxygen atoms in total. The number of carbonyl (C=O) groups excluding carboxylic acids is 1. The molecule has 2 aromatic heterocycles. The number of halogens is 1. The molecule has 0 bridgehead atoms. The molecule has 4 rings (SSSR count). The summed E-state index contributed by atoms with van der Waals surface area (Å²) in [6.07, 6.45) is 1.16. The summed E-state index contributed by atoms with van der Waals surface area (Å²) in [5.41, 5.74) is 0.808. The lowest BCUT2D eigenvalue weighted by atomic mass is 10.2. The molecule has 182 valence electrons. The maximum atomic E-state index is 13.3. The molecule has 0 aliphatic rings. The number of hydrogen-bond donors (Lipinski definition) is 2. The van der Waals surface area contributed by atoms with Gasteiger partial charge in [0.25, 0.3) is 0 Å². The number of Topliss-reactive ketones (excluding diaryl/α,β-unsaturated/α-hetero) is 1. The van der Waals surface area contributed by atoms with Gasteiger partial charge in [-0.3, -0.25) is 9.36 Å². The summed E-state index contributed by atoms with van der Waals surface area (Å²) < 4.78 is 3.11. The standard InChI is InChI=1S/C24H24ClN5O4S/c1-2-21-27-19-10-9-17(12-20(19)35-21)26-22-28-23(33)30(14-18(32)4-3-11-31)24(34)29(22)13-15-5-7-16(25)8-6-15/h5-10,12,31H,2-4,11,13-14H2,1H3,(H,26,28,33). The van der Waals surface area contributed by atoms with Crippen molar-refractivity contribution in [2.45, 2.75) is 39.3 Å². The zero-order valence-corrected chi connectivity index (χ0v) is 20.6. The van der Waals surface area contributed by atoms with E-state index in [0.29, 0.717) is 10.7 Å². The second kappa shape index (κ2) is 10.9. The number of nitrogens with one attached hydrogen (secondary N) is 1. The van der Waals surface area contributed by atoms with Crippen molar-refractivity contribution in [3.8, 4) is 0 Å². The number of aliphatic hydroxyl groups excluding tert-OH is 1. The van der Waals surface area contributed by atoms with Crippen LogP contribution in [0.15, 0.2) is 52.1 Å². The van der Waals surface area contributed by atoms with Crippen molar-refractivity contribution in [1.29, 1.82) is 0 Å². The van der Waals surface area contributed by atoms with Crippen LogP contribution in [0.3, 0.4) is 0 Å². The lowest BCUT2D eigenvalue weighted by molar-refractivity contribution is -0.120. The number of fused-ring (bicyclic) bond motifs is 1. The third kappa shape index (κ3) is 5.84. The Morgan fingerprint density at radius 2 is 1.89 bits per heavy atom. The van der Waals surface area contributed by atoms with E-state index in [0.717, 1.165) is 31.8 Å². The molecule has 35 heavy (non-hydrogen) atoms. The van der Waals surface area contributed by atoms with Crippen LogP contribution in [0.5, 0.6) is 0 Å². The second-order valence-electron chi connectivity index (χ2n) is 7.93. The van der Waals surface area contributed by atoms with Gasteiger partial charge in [-0.2, -0.15) is 4.98 Å². The van der Waals surface area contributed by atoms with Crippen LogP contribution in [0.4, 0.5) is 11.6 Å². The van der Waals surface area contributed by atoms with Gasteiger partial charge in [-0.25, -0.2) is 19.1 Å². The number of aryl methyl sites for hydroxylation is 1. The molecule has 4 aromatic rings. The lowest BCUT2D eigenvalue weighted by Crippen LogP contribution is -2.44. The van der Waals surface area contributed by atoms with E-state index < -0.39 is 17.9 Å². The highest BCUT2D eigenvalue weighted by atomic mass is 35.5. The smallest absolute Gasteiger partial charge is 0.355 e. The van der Waals surface area contributed by atoms with E-state index in [4.69, 9.17) is 16.7 Å². The predicted octanol–water partition coefficient (Wildman–Crippen LogP) is 3.36. The van der Waals surface area contributed by atoms with Crippen LogP contribution in [-0.4, -0.2) is 36.6 Å². The summed E-state index contributed by atoms with van der Waals surface area (Å²) in [7, 11) is 0. The van der Waals surface area contributed by atoms with Crippen molar-refractivity contribution in [2.75, 3.05) is 11.9 Å². The fourth-order valence-corrected chi connectivity index (χ4v) is 4.61. The Labute approximate surface area is 209 Å². The van der Waals surface area contributed by atoms with Gasteiger partial charge < -0.3 is 10.4 Å². The van der Waals surface area contributed by atoms with Gasteiger partial charge >= 0.3 is 11.4 Å². The number of thiazole rings is 1. The number of rotatable bonds is 10. The molecule has 2 N–H and O–H groups in total. The molecule has 0 radical (unpaired) electrons. The molecule has 0 saturated carbocycles. The molecule has 2 heterocycles. The molecule has 2 aromatic carbocycles.